The Balaban J connectivity index is 0.000000466. The normalized spacial score (nSPS) is 16.7. The monoisotopic (exact) mass is 482 g/mol. The van der Waals surface area contributed by atoms with E-state index in [0.29, 0.717) is 19.3 Å². The molecule has 0 radical (unpaired) electrons. The third-order valence-corrected chi connectivity index (χ3v) is 6.20. The zero-order valence-corrected chi connectivity index (χ0v) is 20.1. The molecule has 8 heteroatoms. The smallest absolute Gasteiger partial charge is 0.337 e. The lowest BCUT2D eigenvalue weighted by molar-refractivity contribution is -0.137. The minimum atomic E-state index is -0.649. The summed E-state index contributed by atoms with van der Waals surface area (Å²) in [4.78, 5) is 46.5. The van der Waals surface area contributed by atoms with Gasteiger partial charge in [-0.15, -0.1) is 6.58 Å². The molecule has 3 N–H and O–H groups in total. The lowest BCUT2D eigenvalue weighted by Gasteiger charge is -2.30. The molecule has 2 heterocycles. The average molecular weight is 483 g/mol. The van der Waals surface area contributed by atoms with Crippen LogP contribution in [0.25, 0.3) is 10.9 Å². The number of aromatic nitrogens is 1. The van der Waals surface area contributed by atoms with Gasteiger partial charge in [-0.25, -0.2) is 4.79 Å². The minimum Gasteiger partial charge on any atom is -0.515 e. The molecule has 188 valence electrons. The maximum absolute atomic E-state index is 12.1. The summed E-state index contributed by atoms with van der Waals surface area (Å²) >= 11 is 0. The highest BCUT2D eigenvalue weighted by Gasteiger charge is 2.33. The van der Waals surface area contributed by atoms with Crippen LogP contribution in [0.2, 0.25) is 0 Å². The van der Waals surface area contributed by atoms with E-state index < -0.39 is 17.8 Å². The number of ether oxygens (including phenoxy) is 1. The Bertz CT molecular complexity index is 1020. The SMILES string of the molecule is C=C[C@@H](C=O)[C@H](C[C@@H]1NCCc2c1[nH]c1ccccc21)/C(=C/O)C(=O)OC.O=CCCCCC=O. The van der Waals surface area contributed by atoms with Gasteiger partial charge in [-0.1, -0.05) is 24.3 Å². The lowest BCUT2D eigenvalue weighted by atomic mass is 9.80. The number of unbranched alkanes of at least 4 members (excludes halogenated alkanes) is 3. The molecule has 0 spiro atoms. The standard InChI is InChI=1S/C21H24N2O4.C6H10O2/c1-3-13(11-24)16(17(12-25)21(26)27-2)10-19-20-15(8-9-22-19)14-6-4-5-7-18(14)23-20;7-5-3-1-2-4-6-8/h3-7,11-13,16,19,22-23,25H,1,8-10H2,2H3;5-6H,1-4H2/b17-12-;/t13-,16-,19-;/m0./s1. The minimum absolute atomic E-state index is 0.0690. The number of aldehydes is 3. The van der Waals surface area contributed by atoms with E-state index in [1.807, 2.05) is 18.2 Å². The molecule has 0 bridgehead atoms. The molecule has 1 aromatic carbocycles. The number of carbonyl (C=O) groups is 4. The molecule has 1 aromatic heterocycles. The van der Waals surface area contributed by atoms with E-state index in [4.69, 9.17) is 4.74 Å². The number of carbonyl (C=O) groups excluding carboxylic acids is 4. The Morgan fingerprint density at radius 3 is 2.46 bits per heavy atom. The second-order valence-corrected chi connectivity index (χ2v) is 8.30. The quantitative estimate of drug-likeness (QED) is 0.105. The first-order chi connectivity index (χ1) is 17.1. The first-order valence-electron chi connectivity index (χ1n) is 11.8. The van der Waals surface area contributed by atoms with Crippen molar-refractivity contribution in [1.29, 1.82) is 0 Å². The number of para-hydroxylation sites is 1. The van der Waals surface area contributed by atoms with Gasteiger partial charge in [0.1, 0.15) is 18.9 Å². The number of esters is 1. The molecular formula is C27H34N2O6. The van der Waals surface area contributed by atoms with Crippen molar-refractivity contribution in [3.63, 3.8) is 0 Å². The van der Waals surface area contributed by atoms with E-state index in [-0.39, 0.29) is 11.6 Å². The van der Waals surface area contributed by atoms with Crippen molar-refractivity contribution in [3.8, 4) is 0 Å². The van der Waals surface area contributed by atoms with E-state index in [1.165, 1.54) is 24.1 Å². The van der Waals surface area contributed by atoms with Gasteiger partial charge >= 0.3 is 5.97 Å². The number of aliphatic hydroxyl groups is 1. The van der Waals surface area contributed by atoms with Gasteiger partial charge < -0.3 is 34.5 Å². The van der Waals surface area contributed by atoms with E-state index in [2.05, 4.69) is 22.9 Å². The summed E-state index contributed by atoms with van der Waals surface area (Å²) in [6.07, 6.45) is 8.97. The summed E-state index contributed by atoms with van der Waals surface area (Å²) in [5.74, 6) is -1.81. The second-order valence-electron chi connectivity index (χ2n) is 8.30. The summed E-state index contributed by atoms with van der Waals surface area (Å²) in [5.41, 5.74) is 3.44. The molecule has 1 aliphatic rings. The number of hydrogen-bond acceptors (Lipinski definition) is 7. The molecule has 2 aromatic rings. The third kappa shape index (κ3) is 7.23. The molecular weight excluding hydrogens is 448 g/mol. The fraction of sp³-hybridized carbons (Fsp3) is 0.407. The van der Waals surface area contributed by atoms with Crippen molar-refractivity contribution in [2.24, 2.45) is 11.8 Å². The maximum atomic E-state index is 12.1. The Labute approximate surface area is 205 Å². The summed E-state index contributed by atoms with van der Waals surface area (Å²) in [7, 11) is 1.25. The highest BCUT2D eigenvalue weighted by Crippen LogP contribution is 2.37. The maximum Gasteiger partial charge on any atom is 0.337 e. The molecule has 0 amide bonds. The molecule has 0 fully saturated rings. The van der Waals surface area contributed by atoms with Gasteiger partial charge in [0.25, 0.3) is 0 Å². The largest absolute Gasteiger partial charge is 0.515 e. The van der Waals surface area contributed by atoms with Crippen molar-refractivity contribution in [3.05, 3.63) is 60.0 Å². The van der Waals surface area contributed by atoms with Crippen LogP contribution in [-0.4, -0.2) is 48.6 Å². The lowest BCUT2D eigenvalue weighted by Crippen LogP contribution is -2.34. The molecule has 0 unspecified atom stereocenters. The molecule has 1 aliphatic heterocycles. The van der Waals surface area contributed by atoms with Crippen LogP contribution in [0.5, 0.6) is 0 Å². The number of allylic oxidation sites excluding steroid dienone is 1. The summed E-state index contributed by atoms with van der Waals surface area (Å²) in [6, 6.07) is 8.04. The molecule has 0 saturated heterocycles. The van der Waals surface area contributed by atoms with Crippen LogP contribution in [0.1, 0.15) is 49.4 Å². The first-order valence-corrected chi connectivity index (χ1v) is 11.8. The van der Waals surface area contributed by atoms with Crippen molar-refractivity contribution in [1.82, 2.24) is 10.3 Å². The van der Waals surface area contributed by atoms with Crippen molar-refractivity contribution >= 4 is 35.7 Å². The fourth-order valence-corrected chi connectivity index (χ4v) is 4.40. The number of aromatic amines is 1. The molecule has 8 nitrogen and oxygen atoms in total. The number of aliphatic hydroxyl groups excluding tert-OH is 1. The van der Waals surface area contributed by atoms with Crippen LogP contribution in [0.3, 0.4) is 0 Å². The van der Waals surface area contributed by atoms with Gasteiger partial charge in [0, 0.05) is 47.3 Å². The highest BCUT2D eigenvalue weighted by atomic mass is 16.5. The van der Waals surface area contributed by atoms with Crippen molar-refractivity contribution in [2.75, 3.05) is 13.7 Å². The van der Waals surface area contributed by atoms with E-state index in [9.17, 15) is 24.3 Å². The summed E-state index contributed by atoms with van der Waals surface area (Å²) in [6.45, 7) is 4.50. The van der Waals surface area contributed by atoms with Crippen LogP contribution in [0.4, 0.5) is 0 Å². The van der Waals surface area contributed by atoms with Crippen LogP contribution in [-0.2, 0) is 30.3 Å². The van der Waals surface area contributed by atoms with Gasteiger partial charge in [0.05, 0.1) is 18.9 Å². The Morgan fingerprint density at radius 1 is 1.20 bits per heavy atom. The predicted molar refractivity (Wildman–Crippen MR) is 134 cm³/mol. The number of methoxy groups -OCH3 is 1. The van der Waals surface area contributed by atoms with Crippen LogP contribution < -0.4 is 5.32 Å². The predicted octanol–water partition coefficient (Wildman–Crippen LogP) is 3.92. The summed E-state index contributed by atoms with van der Waals surface area (Å²) < 4.78 is 4.78. The molecule has 35 heavy (non-hydrogen) atoms. The number of nitrogens with one attached hydrogen (secondary N) is 2. The zero-order valence-electron chi connectivity index (χ0n) is 20.1. The third-order valence-electron chi connectivity index (χ3n) is 6.20. The van der Waals surface area contributed by atoms with Crippen LogP contribution in [0.15, 0.2) is 48.8 Å². The Kier molecular flexibility index (Phi) is 11.6. The Morgan fingerprint density at radius 2 is 1.89 bits per heavy atom. The highest BCUT2D eigenvalue weighted by molar-refractivity contribution is 5.89. The van der Waals surface area contributed by atoms with Crippen LogP contribution in [0, 0.1) is 11.8 Å². The fourth-order valence-electron chi connectivity index (χ4n) is 4.40. The van der Waals surface area contributed by atoms with Gasteiger partial charge in [-0.3, -0.25) is 0 Å². The van der Waals surface area contributed by atoms with E-state index in [0.717, 1.165) is 62.1 Å². The van der Waals surface area contributed by atoms with Gasteiger partial charge in [-0.2, -0.15) is 0 Å². The summed E-state index contributed by atoms with van der Waals surface area (Å²) in [5, 5.41) is 14.3. The molecule has 3 rings (SSSR count). The zero-order chi connectivity index (χ0) is 25.6. The number of H-pyrrole nitrogens is 1. The molecule has 3 atom stereocenters. The van der Waals surface area contributed by atoms with E-state index in [1.54, 1.807) is 0 Å². The molecule has 0 saturated carbocycles. The number of hydrogen-bond donors (Lipinski definition) is 3. The van der Waals surface area contributed by atoms with Crippen molar-refractivity contribution < 1.29 is 29.0 Å². The molecule has 0 aliphatic carbocycles. The van der Waals surface area contributed by atoms with Gasteiger partial charge in [0.15, 0.2) is 0 Å². The topological polar surface area (TPSA) is 126 Å². The van der Waals surface area contributed by atoms with Crippen molar-refractivity contribution in [2.45, 2.75) is 44.6 Å². The average Bonchev–Trinajstić information content (AvgIpc) is 3.27. The van der Waals surface area contributed by atoms with Gasteiger partial charge in [-0.05, 0) is 43.9 Å². The Hall–Kier alpha value is -3.52. The number of rotatable bonds is 12. The van der Waals surface area contributed by atoms with Gasteiger partial charge in [0.2, 0.25) is 0 Å². The van der Waals surface area contributed by atoms with E-state index >= 15 is 0 Å². The number of benzene rings is 1. The first kappa shape index (κ1) is 27.7. The van der Waals surface area contributed by atoms with Crippen LogP contribution >= 0.6 is 0 Å². The number of fused-ring (bicyclic) bond motifs is 3. The second kappa shape index (κ2) is 14.7.